The van der Waals surface area contributed by atoms with Crippen molar-refractivity contribution in [3.63, 3.8) is 0 Å². The number of benzene rings is 4. The average Bonchev–Trinajstić information content (AvgIpc) is 3.69. The molecule has 0 bridgehead atoms. The van der Waals surface area contributed by atoms with Crippen LogP contribution in [0.4, 0.5) is 9.59 Å². The van der Waals surface area contributed by atoms with Crippen molar-refractivity contribution in [1.82, 2.24) is 10.6 Å². The molecule has 2 saturated carbocycles. The Morgan fingerprint density at radius 3 is 1.13 bits per heavy atom. The fourth-order valence-electron chi connectivity index (χ4n) is 8.70. The average molecular weight is 731 g/mol. The van der Waals surface area contributed by atoms with Crippen molar-refractivity contribution in [2.75, 3.05) is 13.2 Å². The first kappa shape index (κ1) is 36.7. The molecule has 0 aromatic heterocycles. The van der Waals surface area contributed by atoms with Crippen LogP contribution in [0.5, 0.6) is 0 Å². The highest BCUT2D eigenvalue weighted by Crippen LogP contribution is 2.45. The second-order valence-corrected chi connectivity index (χ2v) is 14.7. The first-order valence-electron chi connectivity index (χ1n) is 19.0. The molecule has 2 amide bonds. The quantitative estimate of drug-likeness (QED) is 0.141. The Morgan fingerprint density at radius 2 is 0.815 bits per heavy atom. The molecule has 4 aromatic carbocycles. The Balaban J connectivity index is 0.000000167. The minimum Gasteiger partial charge on any atom is -0.481 e. The predicted octanol–water partition coefficient (Wildman–Crippen LogP) is 8.34. The highest BCUT2D eigenvalue weighted by atomic mass is 16.6. The van der Waals surface area contributed by atoms with Gasteiger partial charge < -0.3 is 30.3 Å². The molecular weight excluding hydrogens is 684 g/mol. The lowest BCUT2D eigenvalue weighted by Gasteiger charge is -2.27. The first-order valence-corrected chi connectivity index (χ1v) is 19.0. The van der Waals surface area contributed by atoms with Crippen molar-refractivity contribution < 1.29 is 38.9 Å². The SMILES string of the molecule is O=C(N[C@@H]1CCC[C@H](C(=O)O)C1)OCC1c2ccccc2-c2ccccc21.O=C(N[C@H]1CCC[C@@H](C(=O)O)C1)OCC1c2ccccc2-c2ccccc21. The summed E-state index contributed by atoms with van der Waals surface area (Å²) in [6.07, 6.45) is 4.59. The maximum atomic E-state index is 12.3. The van der Waals surface area contributed by atoms with Gasteiger partial charge in [-0.15, -0.1) is 0 Å². The molecule has 280 valence electrons. The van der Waals surface area contributed by atoms with Crippen molar-refractivity contribution in [3.05, 3.63) is 119 Å². The molecule has 4 aromatic rings. The third kappa shape index (κ3) is 8.12. The van der Waals surface area contributed by atoms with Crippen LogP contribution in [-0.2, 0) is 19.1 Å². The molecule has 54 heavy (non-hydrogen) atoms. The maximum Gasteiger partial charge on any atom is 0.407 e. The number of hydrogen-bond donors (Lipinski definition) is 4. The smallest absolute Gasteiger partial charge is 0.407 e. The summed E-state index contributed by atoms with van der Waals surface area (Å²) in [7, 11) is 0. The van der Waals surface area contributed by atoms with E-state index in [1.165, 1.54) is 44.5 Å². The highest BCUT2D eigenvalue weighted by molar-refractivity contribution is 5.80. The van der Waals surface area contributed by atoms with Gasteiger partial charge in [-0.3, -0.25) is 9.59 Å². The Kier molecular flexibility index (Phi) is 11.3. The van der Waals surface area contributed by atoms with Gasteiger partial charge in [-0.25, -0.2) is 9.59 Å². The van der Waals surface area contributed by atoms with Crippen LogP contribution in [0, 0.1) is 11.8 Å². The molecule has 10 nitrogen and oxygen atoms in total. The van der Waals surface area contributed by atoms with Crippen LogP contribution in [0.1, 0.15) is 85.5 Å². The van der Waals surface area contributed by atoms with Crippen molar-refractivity contribution in [2.24, 2.45) is 11.8 Å². The lowest BCUT2D eigenvalue weighted by atomic mass is 9.86. The first-order chi connectivity index (χ1) is 26.3. The van der Waals surface area contributed by atoms with E-state index in [1.807, 2.05) is 48.5 Å². The zero-order chi connectivity index (χ0) is 37.6. The molecule has 10 heteroatoms. The summed E-state index contributed by atoms with van der Waals surface area (Å²) < 4.78 is 11.1. The van der Waals surface area contributed by atoms with Crippen LogP contribution in [0.2, 0.25) is 0 Å². The van der Waals surface area contributed by atoms with Gasteiger partial charge in [-0.05, 0) is 83.0 Å². The number of nitrogens with one attached hydrogen (secondary N) is 2. The Bertz CT molecular complexity index is 1780. The normalized spacial score (nSPS) is 21.2. The van der Waals surface area contributed by atoms with Crippen LogP contribution in [-0.4, -0.2) is 59.6 Å². The number of alkyl carbamates (subject to hydrolysis) is 2. The van der Waals surface area contributed by atoms with Gasteiger partial charge in [0.25, 0.3) is 0 Å². The number of ether oxygens (including phenoxy) is 2. The lowest BCUT2D eigenvalue weighted by molar-refractivity contribution is -0.144. The van der Waals surface area contributed by atoms with E-state index in [0.717, 1.165) is 25.7 Å². The standard InChI is InChI=1S/2C22H23NO4/c2*24-21(25)14-6-5-7-15(12-14)23-22(26)27-13-20-18-10-3-1-8-16(18)17-9-2-4-11-19(17)20/h2*1-4,8-11,14-15,20H,5-7,12-13H2,(H,23,26)(H,24,25)/t2*14-,15+/m10/s1. The van der Waals surface area contributed by atoms with E-state index < -0.39 is 24.1 Å². The molecule has 0 unspecified atom stereocenters. The van der Waals surface area contributed by atoms with E-state index in [0.29, 0.717) is 25.7 Å². The molecule has 0 radical (unpaired) electrons. The van der Waals surface area contributed by atoms with Crippen LogP contribution in [0.3, 0.4) is 0 Å². The zero-order valence-corrected chi connectivity index (χ0v) is 30.1. The number of amides is 2. The monoisotopic (exact) mass is 730 g/mol. The number of carboxylic acids is 2. The molecule has 4 aliphatic carbocycles. The maximum absolute atomic E-state index is 12.3. The molecule has 8 rings (SSSR count). The van der Waals surface area contributed by atoms with Crippen molar-refractivity contribution in [1.29, 1.82) is 0 Å². The lowest BCUT2D eigenvalue weighted by Crippen LogP contribution is -2.40. The number of aliphatic carboxylic acids is 2. The largest absolute Gasteiger partial charge is 0.481 e. The summed E-state index contributed by atoms with van der Waals surface area (Å²) in [6.45, 7) is 0.546. The fourth-order valence-corrected chi connectivity index (χ4v) is 8.70. The second-order valence-electron chi connectivity index (χ2n) is 14.7. The van der Waals surface area contributed by atoms with Crippen LogP contribution in [0.15, 0.2) is 97.1 Å². The van der Waals surface area contributed by atoms with Crippen LogP contribution >= 0.6 is 0 Å². The van der Waals surface area contributed by atoms with E-state index in [1.54, 1.807) is 0 Å². The Labute approximate surface area is 314 Å². The third-order valence-electron chi connectivity index (χ3n) is 11.4. The number of fused-ring (bicyclic) bond motifs is 6. The fraction of sp³-hybridized carbons (Fsp3) is 0.364. The second kappa shape index (κ2) is 16.6. The van der Waals surface area contributed by atoms with Gasteiger partial charge in [0.05, 0.1) is 11.8 Å². The minimum atomic E-state index is -0.783. The molecule has 0 aliphatic heterocycles. The minimum absolute atomic E-state index is 0.0290. The van der Waals surface area contributed by atoms with Gasteiger partial charge in [0.2, 0.25) is 0 Å². The Morgan fingerprint density at radius 1 is 0.500 bits per heavy atom. The van der Waals surface area contributed by atoms with Gasteiger partial charge in [0.1, 0.15) is 13.2 Å². The summed E-state index contributed by atoms with van der Waals surface area (Å²) in [4.78, 5) is 46.9. The number of hydrogen-bond acceptors (Lipinski definition) is 6. The van der Waals surface area contributed by atoms with Crippen molar-refractivity contribution >= 4 is 24.1 Å². The summed E-state index contributed by atoms with van der Waals surface area (Å²) in [5, 5.41) is 24.1. The summed E-state index contributed by atoms with van der Waals surface area (Å²) in [6, 6.07) is 32.6. The van der Waals surface area contributed by atoms with E-state index in [2.05, 4.69) is 59.2 Å². The molecule has 4 aliphatic rings. The molecule has 0 heterocycles. The third-order valence-corrected chi connectivity index (χ3v) is 11.4. The van der Waals surface area contributed by atoms with Crippen molar-refractivity contribution in [2.45, 2.75) is 75.3 Å². The molecule has 4 N–H and O–H groups in total. The van der Waals surface area contributed by atoms with E-state index >= 15 is 0 Å². The summed E-state index contributed by atoms with van der Waals surface area (Å²) in [5.74, 6) is -2.26. The van der Waals surface area contributed by atoms with Gasteiger partial charge >= 0.3 is 24.1 Å². The van der Waals surface area contributed by atoms with Gasteiger partial charge in [-0.1, -0.05) is 110 Å². The van der Waals surface area contributed by atoms with E-state index in [-0.39, 0.29) is 49.0 Å². The Hall–Kier alpha value is -5.64. The van der Waals surface area contributed by atoms with Gasteiger partial charge in [0, 0.05) is 23.9 Å². The molecule has 4 atom stereocenters. The van der Waals surface area contributed by atoms with E-state index in [4.69, 9.17) is 9.47 Å². The highest BCUT2D eigenvalue weighted by Gasteiger charge is 2.33. The van der Waals surface area contributed by atoms with Gasteiger partial charge in [-0.2, -0.15) is 0 Å². The zero-order valence-electron chi connectivity index (χ0n) is 30.1. The number of carbonyl (C=O) groups excluding carboxylic acids is 2. The number of carbonyl (C=O) groups is 4. The van der Waals surface area contributed by atoms with Gasteiger partial charge in [0.15, 0.2) is 0 Å². The summed E-state index contributed by atoms with van der Waals surface area (Å²) in [5.41, 5.74) is 9.48. The molecule has 0 saturated heterocycles. The number of carboxylic acid groups (broad SMARTS) is 2. The summed E-state index contributed by atoms with van der Waals surface area (Å²) >= 11 is 0. The molecule has 2 fully saturated rings. The molecule has 0 spiro atoms. The van der Waals surface area contributed by atoms with Crippen molar-refractivity contribution in [3.8, 4) is 22.3 Å². The topological polar surface area (TPSA) is 151 Å². The van der Waals surface area contributed by atoms with Crippen LogP contribution in [0.25, 0.3) is 22.3 Å². The number of rotatable bonds is 8. The van der Waals surface area contributed by atoms with Crippen LogP contribution < -0.4 is 10.6 Å². The predicted molar refractivity (Wildman–Crippen MR) is 203 cm³/mol. The molecular formula is C44H46N2O8. The van der Waals surface area contributed by atoms with E-state index in [9.17, 15) is 29.4 Å².